The third kappa shape index (κ3) is 3.30. The van der Waals surface area contributed by atoms with Crippen LogP contribution in [0, 0.1) is 5.92 Å². The fraction of sp³-hybridized carbons (Fsp3) is 0.909. The molecular formula is C11H20O3S. The SMILES string of the molecule is CCC(C)CC(=O)C1CCCCS1(=O)=O. The van der Waals surface area contributed by atoms with Crippen LogP contribution in [0.4, 0.5) is 0 Å². The van der Waals surface area contributed by atoms with Gasteiger partial charge in [-0.2, -0.15) is 0 Å². The largest absolute Gasteiger partial charge is 0.298 e. The number of ketones is 1. The van der Waals surface area contributed by atoms with E-state index in [4.69, 9.17) is 0 Å². The minimum atomic E-state index is -3.13. The molecule has 0 N–H and O–H groups in total. The van der Waals surface area contributed by atoms with Crippen molar-refractivity contribution < 1.29 is 13.2 Å². The summed E-state index contributed by atoms with van der Waals surface area (Å²) in [5.41, 5.74) is 0. The number of Topliss-reactive ketones (excluding diaryl/α,β-unsaturated/α-hetero) is 1. The van der Waals surface area contributed by atoms with Crippen LogP contribution in [-0.2, 0) is 14.6 Å². The zero-order chi connectivity index (χ0) is 11.5. The molecule has 0 aliphatic carbocycles. The summed E-state index contributed by atoms with van der Waals surface area (Å²) in [7, 11) is -3.13. The van der Waals surface area contributed by atoms with Crippen LogP contribution in [-0.4, -0.2) is 25.2 Å². The molecule has 0 amide bonds. The van der Waals surface area contributed by atoms with Crippen molar-refractivity contribution in [2.45, 2.75) is 51.2 Å². The highest BCUT2D eigenvalue weighted by Gasteiger charge is 2.34. The van der Waals surface area contributed by atoms with Crippen LogP contribution < -0.4 is 0 Å². The second-order valence-corrected chi connectivity index (χ2v) is 6.84. The lowest BCUT2D eigenvalue weighted by Crippen LogP contribution is -2.36. The highest BCUT2D eigenvalue weighted by atomic mass is 32.2. The van der Waals surface area contributed by atoms with Crippen molar-refractivity contribution in [2.24, 2.45) is 5.92 Å². The monoisotopic (exact) mass is 232 g/mol. The van der Waals surface area contributed by atoms with E-state index in [-0.39, 0.29) is 11.5 Å². The molecule has 0 radical (unpaired) electrons. The Hall–Kier alpha value is -0.380. The number of sulfone groups is 1. The van der Waals surface area contributed by atoms with Gasteiger partial charge in [0.05, 0.1) is 5.75 Å². The highest BCUT2D eigenvalue weighted by Crippen LogP contribution is 2.23. The molecule has 2 unspecified atom stereocenters. The molecule has 0 aromatic heterocycles. The maximum absolute atomic E-state index is 11.8. The predicted octanol–water partition coefficient (Wildman–Crippen LogP) is 1.96. The predicted molar refractivity (Wildman–Crippen MR) is 60.5 cm³/mol. The van der Waals surface area contributed by atoms with Crippen LogP contribution in [0.5, 0.6) is 0 Å². The third-order valence-corrected chi connectivity index (χ3v) is 5.41. The maximum atomic E-state index is 11.8. The first kappa shape index (κ1) is 12.7. The van der Waals surface area contributed by atoms with E-state index in [1.807, 2.05) is 13.8 Å². The Bertz CT molecular complexity index is 319. The van der Waals surface area contributed by atoms with Crippen molar-refractivity contribution in [1.82, 2.24) is 0 Å². The molecule has 0 saturated carbocycles. The van der Waals surface area contributed by atoms with Gasteiger partial charge in [0.2, 0.25) is 0 Å². The minimum Gasteiger partial charge on any atom is -0.298 e. The van der Waals surface area contributed by atoms with E-state index in [9.17, 15) is 13.2 Å². The van der Waals surface area contributed by atoms with E-state index in [0.29, 0.717) is 18.8 Å². The minimum absolute atomic E-state index is 0.0657. The van der Waals surface area contributed by atoms with E-state index in [1.54, 1.807) is 0 Å². The van der Waals surface area contributed by atoms with E-state index < -0.39 is 15.1 Å². The molecule has 0 bridgehead atoms. The molecule has 4 heteroatoms. The Labute approximate surface area is 92.2 Å². The van der Waals surface area contributed by atoms with Gasteiger partial charge in [0, 0.05) is 6.42 Å². The number of hydrogen-bond donors (Lipinski definition) is 0. The quantitative estimate of drug-likeness (QED) is 0.744. The fourth-order valence-corrected chi connectivity index (χ4v) is 3.85. The van der Waals surface area contributed by atoms with Gasteiger partial charge < -0.3 is 0 Å². The topological polar surface area (TPSA) is 51.2 Å². The smallest absolute Gasteiger partial charge is 0.160 e. The molecule has 15 heavy (non-hydrogen) atoms. The van der Waals surface area contributed by atoms with E-state index in [2.05, 4.69) is 0 Å². The Balaban J connectivity index is 2.65. The Morgan fingerprint density at radius 1 is 1.40 bits per heavy atom. The number of carbonyl (C=O) groups excluding carboxylic acids is 1. The Morgan fingerprint density at radius 3 is 2.60 bits per heavy atom. The molecule has 2 atom stereocenters. The second-order valence-electron chi connectivity index (χ2n) is 4.54. The molecule has 1 fully saturated rings. The number of hydrogen-bond acceptors (Lipinski definition) is 3. The van der Waals surface area contributed by atoms with Gasteiger partial charge in [-0.1, -0.05) is 26.7 Å². The fourth-order valence-electron chi connectivity index (χ4n) is 1.94. The summed E-state index contributed by atoms with van der Waals surface area (Å²) in [6, 6.07) is 0. The van der Waals surface area contributed by atoms with Gasteiger partial charge in [0.1, 0.15) is 5.25 Å². The maximum Gasteiger partial charge on any atom is 0.160 e. The van der Waals surface area contributed by atoms with Crippen LogP contribution in [0.1, 0.15) is 46.0 Å². The van der Waals surface area contributed by atoms with Crippen molar-refractivity contribution in [3.63, 3.8) is 0 Å². The molecule has 0 spiro atoms. The zero-order valence-electron chi connectivity index (χ0n) is 9.53. The Kier molecular flexibility index (Phi) is 4.32. The normalized spacial score (nSPS) is 27.2. The van der Waals surface area contributed by atoms with Gasteiger partial charge in [0.15, 0.2) is 15.6 Å². The van der Waals surface area contributed by atoms with Crippen LogP contribution in [0.15, 0.2) is 0 Å². The first-order chi connectivity index (χ1) is 6.97. The van der Waals surface area contributed by atoms with Crippen LogP contribution >= 0.6 is 0 Å². The zero-order valence-corrected chi connectivity index (χ0v) is 10.3. The lowest BCUT2D eigenvalue weighted by atomic mass is 9.98. The molecular weight excluding hydrogens is 212 g/mol. The van der Waals surface area contributed by atoms with Crippen molar-refractivity contribution in [3.8, 4) is 0 Å². The summed E-state index contributed by atoms with van der Waals surface area (Å²) >= 11 is 0. The number of carbonyl (C=O) groups is 1. The van der Waals surface area contributed by atoms with Crippen molar-refractivity contribution in [1.29, 1.82) is 0 Å². The molecule has 1 aliphatic heterocycles. The summed E-state index contributed by atoms with van der Waals surface area (Å²) in [6.45, 7) is 4.01. The van der Waals surface area contributed by atoms with Crippen LogP contribution in [0.3, 0.4) is 0 Å². The summed E-state index contributed by atoms with van der Waals surface area (Å²) in [5, 5.41) is -0.694. The molecule has 1 rings (SSSR count). The van der Waals surface area contributed by atoms with Gasteiger partial charge in [-0.05, 0) is 18.8 Å². The van der Waals surface area contributed by atoms with Crippen molar-refractivity contribution >= 4 is 15.6 Å². The van der Waals surface area contributed by atoms with Crippen LogP contribution in [0.25, 0.3) is 0 Å². The van der Waals surface area contributed by atoms with Gasteiger partial charge >= 0.3 is 0 Å². The Morgan fingerprint density at radius 2 is 2.07 bits per heavy atom. The average Bonchev–Trinajstić information content (AvgIpc) is 2.16. The average molecular weight is 232 g/mol. The summed E-state index contributed by atoms with van der Waals surface area (Å²) in [5.74, 6) is 0.433. The van der Waals surface area contributed by atoms with Crippen molar-refractivity contribution in [2.75, 3.05) is 5.75 Å². The first-order valence-electron chi connectivity index (χ1n) is 5.71. The number of rotatable bonds is 4. The van der Waals surface area contributed by atoms with Gasteiger partial charge in [0.25, 0.3) is 0 Å². The highest BCUT2D eigenvalue weighted by molar-refractivity contribution is 7.92. The third-order valence-electron chi connectivity index (χ3n) is 3.18. The lowest BCUT2D eigenvalue weighted by molar-refractivity contribution is -0.119. The van der Waals surface area contributed by atoms with E-state index >= 15 is 0 Å². The van der Waals surface area contributed by atoms with E-state index in [0.717, 1.165) is 19.3 Å². The molecule has 88 valence electrons. The summed E-state index contributed by atoms with van der Waals surface area (Å²) < 4.78 is 23.3. The lowest BCUT2D eigenvalue weighted by Gasteiger charge is -2.22. The first-order valence-corrected chi connectivity index (χ1v) is 7.43. The second kappa shape index (κ2) is 5.10. The summed E-state index contributed by atoms with van der Waals surface area (Å²) in [4.78, 5) is 11.8. The molecule has 1 heterocycles. The standard InChI is InChI=1S/C11H20O3S/c1-3-9(2)8-10(12)11-6-4-5-7-15(11,13)14/h9,11H,3-8H2,1-2H3. The molecule has 1 aliphatic rings. The van der Waals surface area contributed by atoms with Gasteiger partial charge in [-0.25, -0.2) is 8.42 Å². The van der Waals surface area contributed by atoms with E-state index in [1.165, 1.54) is 0 Å². The van der Waals surface area contributed by atoms with Crippen LogP contribution in [0.2, 0.25) is 0 Å². The molecule has 1 saturated heterocycles. The van der Waals surface area contributed by atoms with Gasteiger partial charge in [-0.3, -0.25) is 4.79 Å². The molecule has 0 aromatic rings. The molecule has 0 aromatic carbocycles. The summed E-state index contributed by atoms with van der Waals surface area (Å²) in [6.07, 6.45) is 3.47. The van der Waals surface area contributed by atoms with Gasteiger partial charge in [-0.15, -0.1) is 0 Å². The van der Waals surface area contributed by atoms with Crippen molar-refractivity contribution in [3.05, 3.63) is 0 Å². The molecule has 3 nitrogen and oxygen atoms in total.